The number of nitrogens with zero attached hydrogens (tertiary/aromatic N) is 3. The third-order valence-corrected chi connectivity index (χ3v) is 5.58. The van der Waals surface area contributed by atoms with Gasteiger partial charge in [0.05, 0.1) is 11.8 Å². The molecule has 2 aromatic carbocycles. The van der Waals surface area contributed by atoms with Crippen molar-refractivity contribution in [2.45, 2.75) is 18.9 Å². The number of aromatic nitrogens is 2. The van der Waals surface area contributed by atoms with Crippen molar-refractivity contribution in [1.29, 1.82) is 0 Å². The van der Waals surface area contributed by atoms with Gasteiger partial charge in [-0.3, -0.25) is 9.59 Å². The minimum atomic E-state index is -0.726. The van der Waals surface area contributed by atoms with Crippen molar-refractivity contribution in [2.75, 3.05) is 13.1 Å². The van der Waals surface area contributed by atoms with E-state index in [1.807, 2.05) is 0 Å². The van der Waals surface area contributed by atoms with Crippen LogP contribution in [0.15, 0.2) is 65.5 Å². The number of likely N-dealkylation sites (tertiary alicyclic amines) is 1. The number of carbonyl (C=O) groups is 1. The topological polar surface area (TPSA) is 75.4 Å². The van der Waals surface area contributed by atoms with Gasteiger partial charge in [0, 0.05) is 19.2 Å². The molecule has 0 radical (unpaired) electrons. The predicted molar refractivity (Wildman–Crippen MR) is 110 cm³/mol. The molecule has 3 aromatic rings. The summed E-state index contributed by atoms with van der Waals surface area (Å²) in [5, 5.41) is 14.8. The van der Waals surface area contributed by atoms with E-state index in [1.165, 1.54) is 48.5 Å². The Morgan fingerprint density at radius 1 is 0.935 bits per heavy atom. The number of carbonyl (C=O) groups excluding carboxylic acids is 1. The van der Waals surface area contributed by atoms with Crippen molar-refractivity contribution in [3.63, 3.8) is 0 Å². The normalized spacial score (nSPS) is 15.6. The zero-order chi connectivity index (χ0) is 22.0. The van der Waals surface area contributed by atoms with Crippen molar-refractivity contribution >= 4 is 5.91 Å². The summed E-state index contributed by atoms with van der Waals surface area (Å²) in [6.45, 7) is 0.859. The highest BCUT2D eigenvalue weighted by Gasteiger charge is 2.29. The third kappa shape index (κ3) is 4.54. The van der Waals surface area contributed by atoms with Crippen molar-refractivity contribution in [3.05, 3.63) is 93.9 Å². The Hall–Kier alpha value is -3.39. The first-order chi connectivity index (χ1) is 14.9. The van der Waals surface area contributed by atoms with E-state index in [-0.39, 0.29) is 23.3 Å². The Labute approximate surface area is 177 Å². The Kier molecular flexibility index (Phi) is 5.90. The largest absolute Gasteiger partial charge is 0.388 e. The lowest BCUT2D eigenvalue weighted by Crippen LogP contribution is -2.40. The summed E-state index contributed by atoms with van der Waals surface area (Å²) in [7, 11) is 0. The Morgan fingerprint density at radius 3 is 2.13 bits per heavy atom. The molecular weight excluding hydrogens is 404 g/mol. The van der Waals surface area contributed by atoms with E-state index < -0.39 is 17.5 Å². The smallest absolute Gasteiger partial charge is 0.274 e. The molecule has 1 aliphatic rings. The number of rotatable bonds is 4. The number of hydrogen-bond acceptors (Lipinski definition) is 4. The van der Waals surface area contributed by atoms with Crippen LogP contribution in [-0.2, 0) is 0 Å². The van der Waals surface area contributed by atoms with Crippen LogP contribution in [0.25, 0.3) is 5.69 Å². The molecule has 6 nitrogen and oxygen atoms in total. The van der Waals surface area contributed by atoms with Gasteiger partial charge >= 0.3 is 0 Å². The van der Waals surface area contributed by atoms with Crippen LogP contribution in [-0.4, -0.2) is 38.8 Å². The number of halogens is 2. The lowest BCUT2D eigenvalue weighted by atomic mass is 9.87. The van der Waals surface area contributed by atoms with Crippen LogP contribution in [0.5, 0.6) is 0 Å². The Bertz CT molecular complexity index is 1120. The number of aliphatic hydroxyl groups is 1. The van der Waals surface area contributed by atoms with Crippen LogP contribution in [0.1, 0.15) is 35.0 Å². The van der Waals surface area contributed by atoms with E-state index in [0.29, 0.717) is 37.2 Å². The standard InChI is InChI=1S/C23H21F2N3O3/c24-17-3-1-15(2-4-17)22(30)16-11-13-27(14-12-16)23(31)20-9-10-21(29)28(26-20)19-7-5-18(25)6-8-19/h1-10,16,22,30H,11-14H2. The fraction of sp³-hybridized carbons (Fsp3) is 0.261. The fourth-order valence-electron chi connectivity index (χ4n) is 3.80. The van der Waals surface area contributed by atoms with E-state index >= 15 is 0 Å². The second-order valence-corrected chi connectivity index (χ2v) is 7.57. The summed E-state index contributed by atoms with van der Waals surface area (Å²) in [5.74, 6) is -1.15. The average molecular weight is 425 g/mol. The molecule has 0 spiro atoms. The van der Waals surface area contributed by atoms with Gasteiger partial charge in [-0.2, -0.15) is 9.78 Å². The van der Waals surface area contributed by atoms with E-state index in [2.05, 4.69) is 5.10 Å². The van der Waals surface area contributed by atoms with Gasteiger partial charge < -0.3 is 10.0 Å². The predicted octanol–water partition coefficient (Wildman–Crippen LogP) is 3.10. The molecule has 0 bridgehead atoms. The maximum absolute atomic E-state index is 13.2. The summed E-state index contributed by atoms with van der Waals surface area (Å²) < 4.78 is 27.3. The second-order valence-electron chi connectivity index (χ2n) is 7.57. The van der Waals surface area contributed by atoms with Gasteiger partial charge in [-0.05, 0) is 66.8 Å². The van der Waals surface area contributed by atoms with E-state index in [4.69, 9.17) is 0 Å². The summed E-state index contributed by atoms with van der Waals surface area (Å²) in [6, 6.07) is 13.7. The quantitative estimate of drug-likeness (QED) is 0.697. The number of amides is 1. The highest BCUT2D eigenvalue weighted by molar-refractivity contribution is 5.92. The van der Waals surface area contributed by atoms with Gasteiger partial charge in [0.25, 0.3) is 11.5 Å². The molecule has 1 aliphatic heterocycles. The van der Waals surface area contributed by atoms with Gasteiger partial charge in [-0.25, -0.2) is 8.78 Å². The molecule has 1 amide bonds. The third-order valence-electron chi connectivity index (χ3n) is 5.58. The molecule has 1 aromatic heterocycles. The summed E-state index contributed by atoms with van der Waals surface area (Å²) in [6.07, 6.45) is 0.445. The molecule has 1 fully saturated rings. The first-order valence-corrected chi connectivity index (χ1v) is 10.0. The van der Waals surface area contributed by atoms with Crippen molar-refractivity contribution in [2.24, 2.45) is 5.92 Å². The molecule has 0 aliphatic carbocycles. The molecule has 31 heavy (non-hydrogen) atoms. The lowest BCUT2D eigenvalue weighted by Gasteiger charge is -2.34. The molecule has 4 rings (SSSR count). The van der Waals surface area contributed by atoms with Crippen LogP contribution in [0, 0.1) is 17.6 Å². The van der Waals surface area contributed by atoms with Gasteiger partial charge in [0.2, 0.25) is 0 Å². The fourth-order valence-corrected chi connectivity index (χ4v) is 3.80. The van der Waals surface area contributed by atoms with E-state index in [1.54, 1.807) is 17.0 Å². The number of piperidine rings is 1. The van der Waals surface area contributed by atoms with Gasteiger partial charge in [0.15, 0.2) is 0 Å². The number of aliphatic hydroxyl groups excluding tert-OH is 1. The maximum atomic E-state index is 13.2. The van der Waals surface area contributed by atoms with Crippen molar-refractivity contribution < 1.29 is 18.7 Å². The highest BCUT2D eigenvalue weighted by atomic mass is 19.1. The molecule has 1 N–H and O–H groups in total. The van der Waals surface area contributed by atoms with E-state index in [9.17, 15) is 23.5 Å². The van der Waals surface area contributed by atoms with Crippen LogP contribution in [0.3, 0.4) is 0 Å². The summed E-state index contributed by atoms with van der Waals surface area (Å²) in [4.78, 5) is 26.7. The number of hydrogen-bond donors (Lipinski definition) is 1. The van der Waals surface area contributed by atoms with Crippen LogP contribution < -0.4 is 5.56 Å². The SMILES string of the molecule is O=C(c1ccc(=O)n(-c2ccc(F)cc2)n1)N1CCC(C(O)c2ccc(F)cc2)CC1. The van der Waals surface area contributed by atoms with Gasteiger partial charge in [-0.15, -0.1) is 0 Å². The summed E-state index contributed by atoms with van der Waals surface area (Å²) in [5.41, 5.74) is 0.701. The molecule has 160 valence electrons. The average Bonchev–Trinajstić information content (AvgIpc) is 2.80. The Morgan fingerprint density at radius 2 is 1.52 bits per heavy atom. The van der Waals surface area contributed by atoms with Crippen LogP contribution in [0.4, 0.5) is 8.78 Å². The van der Waals surface area contributed by atoms with E-state index in [0.717, 1.165) is 4.68 Å². The van der Waals surface area contributed by atoms with Crippen LogP contribution in [0.2, 0.25) is 0 Å². The summed E-state index contributed by atoms with van der Waals surface area (Å²) >= 11 is 0. The van der Waals surface area contributed by atoms with Crippen LogP contribution >= 0.6 is 0 Å². The van der Waals surface area contributed by atoms with Crippen molar-refractivity contribution in [1.82, 2.24) is 14.7 Å². The highest BCUT2D eigenvalue weighted by Crippen LogP contribution is 2.31. The molecule has 1 unspecified atom stereocenters. The van der Waals surface area contributed by atoms with Crippen molar-refractivity contribution in [3.8, 4) is 5.69 Å². The van der Waals surface area contributed by atoms with Gasteiger partial charge in [-0.1, -0.05) is 12.1 Å². The minimum Gasteiger partial charge on any atom is -0.388 e. The Balaban J connectivity index is 1.45. The minimum absolute atomic E-state index is 0.0457. The van der Waals surface area contributed by atoms with Gasteiger partial charge in [0.1, 0.15) is 17.3 Å². The lowest BCUT2D eigenvalue weighted by molar-refractivity contribution is 0.0457. The maximum Gasteiger partial charge on any atom is 0.274 e. The molecular formula is C23H21F2N3O3. The molecule has 2 heterocycles. The number of benzene rings is 2. The monoisotopic (exact) mass is 425 g/mol. The molecule has 1 saturated heterocycles. The first kappa shape index (κ1) is 20.9. The first-order valence-electron chi connectivity index (χ1n) is 10.0. The zero-order valence-corrected chi connectivity index (χ0v) is 16.6. The molecule has 8 heteroatoms. The zero-order valence-electron chi connectivity index (χ0n) is 16.6. The molecule has 0 saturated carbocycles. The molecule has 1 atom stereocenters. The second kappa shape index (κ2) is 8.77.